The first-order chi connectivity index (χ1) is 29.9. The third-order valence-corrected chi connectivity index (χ3v) is 11.3. The maximum atomic E-state index is 12.6. The van der Waals surface area contributed by atoms with E-state index in [9.17, 15) is 14.3 Å². The van der Waals surface area contributed by atoms with E-state index in [0.717, 1.165) is 70.6 Å². The van der Waals surface area contributed by atoms with E-state index < -0.39 is 13.9 Å². The van der Waals surface area contributed by atoms with Gasteiger partial charge in [0.2, 0.25) is 0 Å². The first kappa shape index (κ1) is 58.9. The molecule has 3 N–H and O–H groups in total. The molecule has 0 spiro atoms. The van der Waals surface area contributed by atoms with Gasteiger partial charge in [-0.15, -0.1) is 0 Å². The monoisotopic (exact) mass is 876 g/mol. The molecule has 0 aliphatic heterocycles. The molecule has 2 atom stereocenters. The van der Waals surface area contributed by atoms with Crippen LogP contribution in [-0.2, 0) is 27.9 Å². The molecule has 0 amide bonds. The van der Waals surface area contributed by atoms with Crippen LogP contribution in [0.4, 0.5) is 0 Å². The van der Waals surface area contributed by atoms with Crippen LogP contribution in [0.15, 0.2) is 72.9 Å². The third-order valence-electron chi connectivity index (χ3n) is 10.4. The highest BCUT2D eigenvalue weighted by Crippen LogP contribution is 2.43. The van der Waals surface area contributed by atoms with Gasteiger partial charge in [0, 0.05) is 19.6 Å². The number of phosphoric ester groups is 1. The van der Waals surface area contributed by atoms with Gasteiger partial charge >= 0.3 is 13.8 Å². The first-order valence-corrected chi connectivity index (χ1v) is 26.4. The van der Waals surface area contributed by atoms with Gasteiger partial charge in [-0.05, 0) is 83.5 Å². The predicted molar refractivity (Wildman–Crippen MR) is 261 cm³/mol. The number of esters is 1. The van der Waals surface area contributed by atoms with Crippen molar-refractivity contribution >= 4 is 13.8 Å². The fourth-order valence-electron chi connectivity index (χ4n) is 6.72. The van der Waals surface area contributed by atoms with Gasteiger partial charge < -0.3 is 20.1 Å². The van der Waals surface area contributed by atoms with Crippen LogP contribution >= 0.6 is 7.82 Å². The number of hydrogen-bond acceptors (Lipinski definition) is 7. The summed E-state index contributed by atoms with van der Waals surface area (Å²) in [6.07, 6.45) is 62.1. The van der Waals surface area contributed by atoms with Crippen LogP contribution in [0.25, 0.3) is 0 Å². The number of unbranched alkanes of at least 4 members (excludes halogenated alkanes) is 22. The number of carbonyl (C=O) groups is 1. The Bertz CT molecular complexity index is 1160. The zero-order valence-electron chi connectivity index (χ0n) is 39.4. The highest BCUT2D eigenvalue weighted by molar-refractivity contribution is 7.47. The van der Waals surface area contributed by atoms with Gasteiger partial charge in [-0.3, -0.25) is 13.8 Å². The van der Waals surface area contributed by atoms with E-state index in [1.54, 1.807) is 0 Å². The van der Waals surface area contributed by atoms with E-state index in [4.69, 9.17) is 24.3 Å². The molecular formula is C52H94NO7P. The molecule has 2 unspecified atom stereocenters. The minimum atomic E-state index is -4.29. The van der Waals surface area contributed by atoms with Crippen molar-refractivity contribution in [1.29, 1.82) is 0 Å². The van der Waals surface area contributed by atoms with Crippen LogP contribution in [0.3, 0.4) is 0 Å². The summed E-state index contributed by atoms with van der Waals surface area (Å²) in [5.74, 6) is -0.339. The van der Waals surface area contributed by atoms with Crippen molar-refractivity contribution < 1.29 is 32.8 Å². The SMILES string of the molecule is CC/C=C\C/C=C\C/C=C\C/C=C\C/C=C\CCCCCCCCCCOCC(COP(=O)(O)OCCN)OC(=O)CCCCCCCCC/C=C\CCCCCCCCC. The Balaban J connectivity index is 3.99. The standard InChI is InChI=1S/C52H94NO7P/c1-3-5-7-9-11-13-15-17-19-21-23-24-25-26-27-28-30-32-34-36-38-40-42-44-47-57-49-51(50-59-61(55,56)58-48-46-53)60-52(54)45-43-41-39-37-35-33-31-29-22-20-18-16-14-12-10-8-6-4-2/h5,7,11,13,17,19-20,22-24,26-27,51H,3-4,6,8-10,12,14-16,18,21,25,28-50,53H2,1-2H3,(H,55,56)/b7-5-,13-11-,19-17-,22-20-,24-23-,27-26-. The van der Waals surface area contributed by atoms with Gasteiger partial charge in [0.05, 0.1) is 19.8 Å². The summed E-state index contributed by atoms with van der Waals surface area (Å²) in [5, 5.41) is 0. The second-order valence-corrected chi connectivity index (χ2v) is 17.7. The molecule has 0 radical (unpaired) electrons. The lowest BCUT2D eigenvalue weighted by atomic mass is 10.1. The van der Waals surface area contributed by atoms with Crippen molar-refractivity contribution in [3.05, 3.63) is 72.9 Å². The second kappa shape index (κ2) is 49.0. The minimum absolute atomic E-state index is 0.0952. The number of ether oxygens (including phenoxy) is 2. The van der Waals surface area contributed by atoms with Crippen molar-refractivity contribution in [2.24, 2.45) is 5.73 Å². The van der Waals surface area contributed by atoms with Crippen LogP contribution in [0.1, 0.15) is 213 Å². The molecule has 0 aliphatic rings. The molecule has 0 aliphatic carbocycles. The van der Waals surface area contributed by atoms with Crippen molar-refractivity contribution in [3.63, 3.8) is 0 Å². The molecule has 0 bridgehead atoms. The summed E-state index contributed by atoms with van der Waals surface area (Å²) in [4.78, 5) is 22.6. The molecule has 0 saturated carbocycles. The summed E-state index contributed by atoms with van der Waals surface area (Å²) < 4.78 is 33.6. The predicted octanol–water partition coefficient (Wildman–Crippen LogP) is 15.5. The highest BCUT2D eigenvalue weighted by Gasteiger charge is 2.25. The third kappa shape index (κ3) is 48.8. The second-order valence-electron chi connectivity index (χ2n) is 16.3. The Labute approximate surface area is 376 Å². The Morgan fingerprint density at radius 2 is 0.918 bits per heavy atom. The fourth-order valence-corrected chi connectivity index (χ4v) is 7.49. The zero-order valence-corrected chi connectivity index (χ0v) is 40.3. The van der Waals surface area contributed by atoms with Crippen molar-refractivity contribution in [1.82, 2.24) is 0 Å². The lowest BCUT2D eigenvalue weighted by Crippen LogP contribution is -2.28. The number of allylic oxidation sites excluding steroid dienone is 12. The van der Waals surface area contributed by atoms with Gasteiger partial charge in [-0.2, -0.15) is 0 Å². The smallest absolute Gasteiger partial charge is 0.457 e. The minimum Gasteiger partial charge on any atom is -0.457 e. The van der Waals surface area contributed by atoms with Crippen molar-refractivity contribution in [3.8, 4) is 0 Å². The molecule has 9 heteroatoms. The van der Waals surface area contributed by atoms with Gasteiger partial charge in [-0.25, -0.2) is 4.57 Å². The molecule has 0 fully saturated rings. The van der Waals surface area contributed by atoms with Crippen LogP contribution < -0.4 is 5.73 Å². The fraction of sp³-hybridized carbons (Fsp3) is 0.750. The van der Waals surface area contributed by atoms with Crippen LogP contribution in [0, 0.1) is 0 Å². The van der Waals surface area contributed by atoms with E-state index in [1.807, 2.05) is 0 Å². The Hall–Kier alpha value is -2.06. The molecular weight excluding hydrogens is 782 g/mol. The molecule has 0 aromatic carbocycles. The van der Waals surface area contributed by atoms with Gasteiger partial charge in [0.1, 0.15) is 6.10 Å². The average molecular weight is 876 g/mol. The van der Waals surface area contributed by atoms with E-state index in [-0.39, 0.29) is 32.3 Å². The van der Waals surface area contributed by atoms with Gasteiger partial charge in [0.25, 0.3) is 0 Å². The maximum absolute atomic E-state index is 12.6. The molecule has 0 aromatic rings. The molecule has 0 rings (SSSR count). The Morgan fingerprint density at radius 3 is 1.39 bits per heavy atom. The van der Waals surface area contributed by atoms with Crippen LogP contribution in [0.5, 0.6) is 0 Å². The molecule has 8 nitrogen and oxygen atoms in total. The lowest BCUT2D eigenvalue weighted by molar-refractivity contribution is -0.154. The topological polar surface area (TPSA) is 117 Å². The van der Waals surface area contributed by atoms with Crippen molar-refractivity contribution in [2.75, 3.05) is 33.0 Å². The zero-order chi connectivity index (χ0) is 44.4. The average Bonchev–Trinajstić information content (AvgIpc) is 3.25. The number of rotatable bonds is 47. The number of carbonyl (C=O) groups excluding carboxylic acids is 1. The summed E-state index contributed by atoms with van der Waals surface area (Å²) in [5.41, 5.74) is 5.39. The number of phosphoric acid groups is 1. The van der Waals surface area contributed by atoms with Crippen molar-refractivity contribution in [2.45, 2.75) is 219 Å². The largest absolute Gasteiger partial charge is 0.472 e. The van der Waals surface area contributed by atoms with E-state index in [0.29, 0.717) is 13.0 Å². The summed E-state index contributed by atoms with van der Waals surface area (Å²) in [7, 11) is -4.29. The quantitative estimate of drug-likeness (QED) is 0.0269. The highest BCUT2D eigenvalue weighted by atomic mass is 31.2. The van der Waals surface area contributed by atoms with Gasteiger partial charge in [-0.1, -0.05) is 196 Å². The van der Waals surface area contributed by atoms with Crippen LogP contribution in [-0.4, -0.2) is 49.9 Å². The van der Waals surface area contributed by atoms with E-state index >= 15 is 0 Å². The lowest BCUT2D eigenvalue weighted by Gasteiger charge is -2.20. The molecule has 0 aromatic heterocycles. The Kier molecular flexibility index (Phi) is 47.3. The summed E-state index contributed by atoms with van der Waals surface area (Å²) >= 11 is 0. The summed E-state index contributed by atoms with van der Waals surface area (Å²) in [6, 6.07) is 0. The van der Waals surface area contributed by atoms with Gasteiger partial charge in [0.15, 0.2) is 0 Å². The molecule has 0 heterocycles. The molecule has 0 saturated heterocycles. The number of hydrogen-bond donors (Lipinski definition) is 2. The normalized spacial score (nSPS) is 14.0. The Morgan fingerprint density at radius 1 is 0.508 bits per heavy atom. The van der Waals surface area contributed by atoms with E-state index in [2.05, 4.69) is 86.8 Å². The summed E-state index contributed by atoms with van der Waals surface area (Å²) in [6.45, 7) is 4.79. The molecule has 61 heavy (non-hydrogen) atoms. The van der Waals surface area contributed by atoms with E-state index in [1.165, 1.54) is 122 Å². The van der Waals surface area contributed by atoms with Crippen LogP contribution in [0.2, 0.25) is 0 Å². The first-order valence-electron chi connectivity index (χ1n) is 24.9. The maximum Gasteiger partial charge on any atom is 0.472 e. The number of nitrogens with two attached hydrogens (primary N) is 1. The molecule has 354 valence electrons.